The minimum atomic E-state index is -0.271. The Morgan fingerprint density at radius 3 is 2.69 bits per heavy atom. The molecule has 2 atom stereocenters. The summed E-state index contributed by atoms with van der Waals surface area (Å²) in [7, 11) is 0. The number of carbonyl (C=O) groups excluding carboxylic acids is 1. The third-order valence-corrected chi connectivity index (χ3v) is 6.15. The molecule has 2 amide bonds. The molecule has 2 saturated heterocycles. The molecule has 1 N–H and O–H groups in total. The lowest BCUT2D eigenvalue weighted by atomic mass is 10.1. The van der Waals surface area contributed by atoms with Crippen molar-refractivity contribution in [2.75, 3.05) is 45.8 Å². The van der Waals surface area contributed by atoms with E-state index in [-0.39, 0.29) is 12.1 Å². The van der Waals surface area contributed by atoms with Crippen LogP contribution in [-0.2, 0) is 6.42 Å². The Kier molecular flexibility index (Phi) is 6.46. The van der Waals surface area contributed by atoms with E-state index in [1.807, 2.05) is 23.1 Å². The topological polar surface area (TPSA) is 64.8 Å². The van der Waals surface area contributed by atoms with E-state index in [9.17, 15) is 4.79 Å². The van der Waals surface area contributed by atoms with Crippen LogP contribution in [0, 0.1) is 0 Å². The largest absolute Gasteiger partial charge is 0.447 e. The van der Waals surface area contributed by atoms with Crippen molar-refractivity contribution >= 4 is 6.03 Å². The molecule has 4 rings (SSSR count). The number of carbonyl (C=O) groups is 1. The molecular formula is C22H31N5O2. The van der Waals surface area contributed by atoms with Crippen molar-refractivity contribution in [1.82, 2.24) is 25.0 Å². The zero-order valence-corrected chi connectivity index (χ0v) is 17.2. The van der Waals surface area contributed by atoms with Gasteiger partial charge in [-0.15, -0.1) is 0 Å². The lowest BCUT2D eigenvalue weighted by Crippen LogP contribution is -2.51. The van der Waals surface area contributed by atoms with Gasteiger partial charge in [-0.3, -0.25) is 4.90 Å². The fraction of sp³-hybridized carbons (Fsp3) is 0.545. The standard InChI is InChI=1S/C22H31N5O2/c1-2-25-11-13-26(14-12-25)19-8-10-27(17-19)22(28)24-20(21-23-9-15-29-21)16-18-6-4-3-5-7-18/h3-7,9,15,19-20H,2,8,10-14,16-17H2,1H3,(H,24,28). The molecule has 156 valence electrons. The first-order chi connectivity index (χ1) is 14.2. The maximum atomic E-state index is 13.0. The molecule has 2 aliphatic heterocycles. The van der Waals surface area contributed by atoms with Gasteiger partial charge in [0.25, 0.3) is 0 Å². The monoisotopic (exact) mass is 397 g/mol. The summed E-state index contributed by atoms with van der Waals surface area (Å²) in [5.41, 5.74) is 1.14. The smallest absolute Gasteiger partial charge is 0.318 e. The fourth-order valence-electron chi connectivity index (χ4n) is 4.37. The zero-order chi connectivity index (χ0) is 20.1. The van der Waals surface area contributed by atoms with E-state index in [4.69, 9.17) is 4.42 Å². The van der Waals surface area contributed by atoms with Gasteiger partial charge in [-0.2, -0.15) is 0 Å². The summed E-state index contributed by atoms with van der Waals surface area (Å²) in [6, 6.07) is 10.3. The van der Waals surface area contributed by atoms with E-state index in [0.29, 0.717) is 18.4 Å². The minimum absolute atomic E-state index is 0.0289. The molecule has 0 aliphatic carbocycles. The highest BCUT2D eigenvalue weighted by atomic mass is 16.3. The molecule has 2 aromatic rings. The summed E-state index contributed by atoms with van der Waals surface area (Å²) < 4.78 is 5.51. The third kappa shape index (κ3) is 4.97. The summed E-state index contributed by atoms with van der Waals surface area (Å²) in [6.07, 6.45) is 4.88. The van der Waals surface area contributed by atoms with Crippen LogP contribution in [-0.4, -0.2) is 77.6 Å². The number of rotatable bonds is 6. The average Bonchev–Trinajstić information content (AvgIpc) is 3.46. The number of nitrogens with zero attached hydrogens (tertiary/aromatic N) is 4. The maximum Gasteiger partial charge on any atom is 0.318 e. The number of urea groups is 1. The Balaban J connectivity index is 1.34. The third-order valence-electron chi connectivity index (χ3n) is 6.15. The number of amides is 2. The molecule has 2 fully saturated rings. The normalized spacial score (nSPS) is 22.0. The van der Waals surface area contributed by atoms with Crippen LogP contribution in [0.15, 0.2) is 47.2 Å². The molecule has 1 aromatic heterocycles. The molecule has 0 radical (unpaired) electrons. The Bertz CT molecular complexity index is 759. The first kappa shape index (κ1) is 19.9. The van der Waals surface area contributed by atoms with Crippen molar-refractivity contribution in [2.24, 2.45) is 0 Å². The predicted octanol–water partition coefficient (Wildman–Crippen LogP) is 2.38. The Morgan fingerprint density at radius 2 is 2.00 bits per heavy atom. The van der Waals surface area contributed by atoms with Gasteiger partial charge in [0.15, 0.2) is 0 Å². The van der Waals surface area contributed by atoms with Crippen molar-refractivity contribution in [3.63, 3.8) is 0 Å². The second-order valence-corrected chi connectivity index (χ2v) is 7.92. The Morgan fingerprint density at radius 1 is 1.21 bits per heavy atom. The highest BCUT2D eigenvalue weighted by Crippen LogP contribution is 2.21. The van der Waals surface area contributed by atoms with Crippen LogP contribution in [0.5, 0.6) is 0 Å². The quantitative estimate of drug-likeness (QED) is 0.811. The van der Waals surface area contributed by atoms with Crippen LogP contribution >= 0.6 is 0 Å². The number of oxazole rings is 1. The number of piperazine rings is 1. The summed E-state index contributed by atoms with van der Waals surface area (Å²) in [6.45, 7) is 9.39. The summed E-state index contributed by atoms with van der Waals surface area (Å²) in [5.74, 6) is 0.550. The second-order valence-electron chi connectivity index (χ2n) is 7.92. The molecule has 2 unspecified atom stereocenters. The maximum absolute atomic E-state index is 13.0. The van der Waals surface area contributed by atoms with E-state index < -0.39 is 0 Å². The first-order valence-corrected chi connectivity index (χ1v) is 10.7. The second kappa shape index (κ2) is 9.41. The molecule has 1 aromatic carbocycles. The Hall–Kier alpha value is -2.38. The number of nitrogens with one attached hydrogen (secondary N) is 1. The number of aromatic nitrogens is 1. The van der Waals surface area contributed by atoms with Crippen LogP contribution in [0.1, 0.15) is 30.8 Å². The number of likely N-dealkylation sites (N-methyl/N-ethyl adjacent to an activating group) is 1. The molecular weight excluding hydrogens is 366 g/mol. The highest BCUT2D eigenvalue weighted by Gasteiger charge is 2.33. The van der Waals surface area contributed by atoms with Gasteiger partial charge < -0.3 is 19.5 Å². The molecule has 0 bridgehead atoms. The number of likely N-dealkylation sites (tertiary alicyclic amines) is 1. The fourth-order valence-corrected chi connectivity index (χ4v) is 4.37. The van der Waals surface area contributed by atoms with Gasteiger partial charge in [0.05, 0.1) is 6.20 Å². The van der Waals surface area contributed by atoms with Crippen molar-refractivity contribution in [1.29, 1.82) is 0 Å². The highest BCUT2D eigenvalue weighted by molar-refractivity contribution is 5.75. The minimum Gasteiger partial charge on any atom is -0.447 e. The van der Waals surface area contributed by atoms with Crippen LogP contribution in [0.3, 0.4) is 0 Å². The lowest BCUT2D eigenvalue weighted by molar-refractivity contribution is 0.102. The molecule has 7 heteroatoms. The van der Waals surface area contributed by atoms with Crippen LogP contribution in [0.4, 0.5) is 4.79 Å². The predicted molar refractivity (Wildman–Crippen MR) is 112 cm³/mol. The van der Waals surface area contributed by atoms with E-state index >= 15 is 0 Å². The summed E-state index contributed by atoms with van der Waals surface area (Å²) in [5, 5.41) is 3.15. The van der Waals surface area contributed by atoms with E-state index in [1.54, 1.807) is 12.5 Å². The van der Waals surface area contributed by atoms with Crippen molar-refractivity contribution < 1.29 is 9.21 Å². The molecule has 0 saturated carbocycles. The summed E-state index contributed by atoms with van der Waals surface area (Å²) >= 11 is 0. The van der Waals surface area contributed by atoms with Gasteiger partial charge in [0.1, 0.15) is 12.3 Å². The number of hydrogen-bond donors (Lipinski definition) is 1. The van der Waals surface area contributed by atoms with Gasteiger partial charge in [-0.05, 0) is 18.5 Å². The van der Waals surface area contributed by atoms with Crippen molar-refractivity contribution in [3.05, 3.63) is 54.2 Å². The zero-order valence-electron chi connectivity index (χ0n) is 17.2. The van der Waals surface area contributed by atoms with Gasteiger partial charge in [0.2, 0.25) is 5.89 Å². The summed E-state index contributed by atoms with van der Waals surface area (Å²) in [4.78, 5) is 24.2. The number of hydrogen-bond acceptors (Lipinski definition) is 5. The van der Waals surface area contributed by atoms with Gasteiger partial charge in [-0.1, -0.05) is 37.3 Å². The molecule has 2 aliphatic rings. The Labute approximate surface area is 172 Å². The molecule has 7 nitrogen and oxygen atoms in total. The van der Waals surface area contributed by atoms with Crippen LogP contribution < -0.4 is 5.32 Å². The van der Waals surface area contributed by atoms with E-state index in [0.717, 1.165) is 57.8 Å². The van der Waals surface area contributed by atoms with Gasteiger partial charge in [0, 0.05) is 51.7 Å². The first-order valence-electron chi connectivity index (χ1n) is 10.7. The average molecular weight is 398 g/mol. The van der Waals surface area contributed by atoms with Crippen LogP contribution in [0.2, 0.25) is 0 Å². The lowest BCUT2D eigenvalue weighted by Gasteiger charge is -2.37. The van der Waals surface area contributed by atoms with Crippen molar-refractivity contribution in [2.45, 2.75) is 31.8 Å². The SMILES string of the molecule is CCN1CCN(C2CCN(C(=O)NC(Cc3ccccc3)c3ncco3)C2)CC1. The van der Waals surface area contributed by atoms with Gasteiger partial charge >= 0.3 is 6.03 Å². The van der Waals surface area contributed by atoms with Crippen LogP contribution in [0.25, 0.3) is 0 Å². The molecule has 29 heavy (non-hydrogen) atoms. The number of benzene rings is 1. The molecule has 0 spiro atoms. The van der Waals surface area contributed by atoms with E-state index in [1.165, 1.54) is 0 Å². The van der Waals surface area contributed by atoms with Gasteiger partial charge in [-0.25, -0.2) is 9.78 Å². The molecule has 3 heterocycles. The van der Waals surface area contributed by atoms with E-state index in [2.05, 4.69) is 39.2 Å². The van der Waals surface area contributed by atoms with Crippen molar-refractivity contribution in [3.8, 4) is 0 Å².